The second-order valence-electron chi connectivity index (χ2n) is 5.03. The fraction of sp³-hybridized carbons (Fsp3) is 0.111. The first-order chi connectivity index (χ1) is 10.4. The quantitative estimate of drug-likeness (QED) is 0.730. The second-order valence-corrected chi connectivity index (χ2v) is 5.85. The van der Waals surface area contributed by atoms with Crippen molar-refractivity contribution in [1.82, 2.24) is 0 Å². The van der Waals surface area contributed by atoms with E-state index in [0.717, 1.165) is 0 Å². The molecule has 0 heterocycles. The summed E-state index contributed by atoms with van der Waals surface area (Å²) in [6, 6.07) is 9.59. The van der Waals surface area contributed by atoms with E-state index < -0.39 is 11.2 Å². The molecule has 0 unspecified atom stereocenters. The number of aliphatic hydroxyl groups is 2. The Morgan fingerprint density at radius 3 is 1.55 bits per heavy atom. The third-order valence-corrected chi connectivity index (χ3v) is 4.58. The van der Waals surface area contributed by atoms with Crippen LogP contribution in [0.5, 0.6) is 0 Å². The SMILES string of the molecule is C#CC1(O)c2cccc(Cl)c2C(O)(C#C)c2c(Cl)cccc21. The van der Waals surface area contributed by atoms with E-state index in [0.29, 0.717) is 0 Å². The minimum Gasteiger partial charge on any atom is -0.369 e. The number of halogens is 2. The van der Waals surface area contributed by atoms with Crippen molar-refractivity contribution in [1.29, 1.82) is 0 Å². The van der Waals surface area contributed by atoms with Crippen molar-refractivity contribution in [3.05, 3.63) is 68.7 Å². The number of hydrogen-bond acceptors (Lipinski definition) is 2. The van der Waals surface area contributed by atoms with E-state index >= 15 is 0 Å². The highest BCUT2D eigenvalue weighted by molar-refractivity contribution is 6.33. The molecular weight excluding hydrogens is 319 g/mol. The van der Waals surface area contributed by atoms with Crippen molar-refractivity contribution < 1.29 is 10.2 Å². The number of hydrogen-bond donors (Lipinski definition) is 2. The summed E-state index contributed by atoms with van der Waals surface area (Å²) in [7, 11) is 0. The molecule has 0 aliphatic heterocycles. The molecule has 0 saturated heterocycles. The molecule has 1 aliphatic rings. The van der Waals surface area contributed by atoms with Crippen molar-refractivity contribution in [3.8, 4) is 24.7 Å². The lowest BCUT2D eigenvalue weighted by atomic mass is 9.68. The van der Waals surface area contributed by atoms with Crippen LogP contribution in [-0.2, 0) is 11.2 Å². The van der Waals surface area contributed by atoms with E-state index in [9.17, 15) is 10.2 Å². The van der Waals surface area contributed by atoms with E-state index in [1.807, 2.05) is 0 Å². The molecule has 1 aliphatic carbocycles. The van der Waals surface area contributed by atoms with Gasteiger partial charge in [-0.1, -0.05) is 59.3 Å². The van der Waals surface area contributed by atoms with Crippen LogP contribution in [0.25, 0.3) is 0 Å². The minimum absolute atomic E-state index is 0.181. The molecule has 0 bridgehead atoms. The smallest absolute Gasteiger partial charge is 0.180 e. The summed E-state index contributed by atoms with van der Waals surface area (Å²) in [6.07, 6.45) is 11.2. The lowest BCUT2D eigenvalue weighted by Crippen LogP contribution is -2.42. The zero-order chi connectivity index (χ0) is 16.1. The van der Waals surface area contributed by atoms with Gasteiger partial charge in [0.25, 0.3) is 0 Å². The third-order valence-electron chi connectivity index (χ3n) is 3.95. The first kappa shape index (κ1) is 15.0. The third kappa shape index (κ3) is 1.67. The van der Waals surface area contributed by atoms with Crippen LogP contribution in [0.15, 0.2) is 36.4 Å². The van der Waals surface area contributed by atoms with Gasteiger partial charge in [-0.25, -0.2) is 0 Å². The standard InChI is InChI=1S/C18H10Cl2O2/c1-3-17(21)11-7-5-9-13(19)15(11)18(22,4-2)16-12(17)8-6-10-14(16)20/h1-2,5-10,21-22H. The Hall–Kier alpha value is -1.94. The monoisotopic (exact) mass is 328 g/mol. The molecule has 2 nitrogen and oxygen atoms in total. The van der Waals surface area contributed by atoms with Crippen LogP contribution in [-0.4, -0.2) is 10.2 Å². The molecule has 4 heteroatoms. The Bertz CT molecular complexity index is 818. The predicted molar refractivity (Wildman–Crippen MR) is 86.6 cm³/mol. The summed E-state index contributed by atoms with van der Waals surface area (Å²) < 4.78 is 0. The van der Waals surface area contributed by atoms with Crippen LogP contribution >= 0.6 is 23.2 Å². The largest absolute Gasteiger partial charge is 0.369 e. The molecule has 3 rings (SSSR count). The van der Waals surface area contributed by atoms with E-state index in [4.69, 9.17) is 36.0 Å². The van der Waals surface area contributed by atoms with E-state index in [1.54, 1.807) is 36.4 Å². The van der Waals surface area contributed by atoms with Crippen LogP contribution in [0, 0.1) is 24.7 Å². The summed E-state index contributed by atoms with van der Waals surface area (Å²) in [5, 5.41) is 22.5. The molecule has 0 atom stereocenters. The molecule has 0 amide bonds. The highest BCUT2D eigenvalue weighted by Gasteiger charge is 2.50. The lowest BCUT2D eigenvalue weighted by molar-refractivity contribution is 0.0948. The highest BCUT2D eigenvalue weighted by atomic mass is 35.5. The van der Waals surface area contributed by atoms with E-state index in [-0.39, 0.29) is 32.3 Å². The number of benzene rings is 2. The maximum absolute atomic E-state index is 11.1. The van der Waals surface area contributed by atoms with Crippen LogP contribution in [0.4, 0.5) is 0 Å². The minimum atomic E-state index is -1.87. The number of terminal acetylenes is 2. The van der Waals surface area contributed by atoms with Gasteiger partial charge in [0.1, 0.15) is 0 Å². The molecule has 2 aromatic rings. The Morgan fingerprint density at radius 1 is 0.773 bits per heavy atom. The van der Waals surface area contributed by atoms with Crippen LogP contribution in [0.2, 0.25) is 10.0 Å². The normalized spacial score (nSPS) is 25.5. The molecule has 0 spiro atoms. The van der Waals surface area contributed by atoms with Gasteiger partial charge in [-0.05, 0) is 12.1 Å². The molecule has 22 heavy (non-hydrogen) atoms. The molecular formula is C18H10Cl2O2. The summed E-state index contributed by atoms with van der Waals surface area (Å²) in [6.45, 7) is 0. The van der Waals surface area contributed by atoms with Gasteiger partial charge in [-0.2, -0.15) is 0 Å². The molecule has 2 N–H and O–H groups in total. The second kappa shape index (κ2) is 4.78. The Balaban J connectivity index is 2.57. The summed E-state index contributed by atoms with van der Waals surface area (Å²) >= 11 is 12.5. The maximum atomic E-state index is 11.1. The average molecular weight is 329 g/mol. The van der Waals surface area contributed by atoms with Gasteiger partial charge in [-0.3, -0.25) is 0 Å². The zero-order valence-corrected chi connectivity index (χ0v) is 12.8. The number of rotatable bonds is 0. The van der Waals surface area contributed by atoms with Crippen LogP contribution in [0.1, 0.15) is 22.3 Å². The molecule has 0 radical (unpaired) electrons. The predicted octanol–water partition coefficient (Wildman–Crippen LogP) is 3.05. The van der Waals surface area contributed by atoms with Crippen LogP contribution < -0.4 is 0 Å². The summed E-state index contributed by atoms with van der Waals surface area (Å²) in [4.78, 5) is 0. The zero-order valence-electron chi connectivity index (χ0n) is 11.3. The van der Waals surface area contributed by atoms with E-state index in [1.165, 1.54) is 0 Å². The van der Waals surface area contributed by atoms with Gasteiger partial charge in [0.2, 0.25) is 0 Å². The topological polar surface area (TPSA) is 40.5 Å². The average Bonchev–Trinajstić information content (AvgIpc) is 2.52. The first-order valence-electron chi connectivity index (χ1n) is 6.39. The van der Waals surface area contributed by atoms with Crippen molar-refractivity contribution >= 4 is 23.2 Å². The van der Waals surface area contributed by atoms with Gasteiger partial charge < -0.3 is 10.2 Å². The van der Waals surface area contributed by atoms with Gasteiger partial charge in [0, 0.05) is 32.3 Å². The molecule has 0 saturated carbocycles. The van der Waals surface area contributed by atoms with Crippen molar-refractivity contribution in [2.45, 2.75) is 11.2 Å². The van der Waals surface area contributed by atoms with Crippen LogP contribution in [0.3, 0.4) is 0 Å². The van der Waals surface area contributed by atoms with Crippen molar-refractivity contribution in [2.24, 2.45) is 0 Å². The molecule has 108 valence electrons. The fourth-order valence-electron chi connectivity index (χ4n) is 2.96. The highest BCUT2D eigenvalue weighted by Crippen LogP contribution is 2.51. The van der Waals surface area contributed by atoms with E-state index in [2.05, 4.69) is 11.8 Å². The van der Waals surface area contributed by atoms with Gasteiger partial charge in [0.05, 0.1) is 0 Å². The molecule has 0 fully saturated rings. The number of fused-ring (bicyclic) bond motifs is 2. The summed E-state index contributed by atoms with van der Waals surface area (Å²) in [5.74, 6) is 4.71. The Kier molecular flexibility index (Phi) is 3.25. The lowest BCUT2D eigenvalue weighted by Gasteiger charge is -2.40. The Labute approximate surface area is 138 Å². The Morgan fingerprint density at radius 2 is 1.18 bits per heavy atom. The van der Waals surface area contributed by atoms with Gasteiger partial charge >= 0.3 is 0 Å². The molecule has 0 aromatic heterocycles. The van der Waals surface area contributed by atoms with Gasteiger partial charge in [-0.15, -0.1) is 12.8 Å². The van der Waals surface area contributed by atoms with Gasteiger partial charge in [0.15, 0.2) is 11.2 Å². The van der Waals surface area contributed by atoms with Crippen molar-refractivity contribution in [3.63, 3.8) is 0 Å². The van der Waals surface area contributed by atoms with Crippen molar-refractivity contribution in [2.75, 3.05) is 0 Å². The first-order valence-corrected chi connectivity index (χ1v) is 7.15. The maximum Gasteiger partial charge on any atom is 0.180 e. The molecule has 2 aromatic carbocycles. The fourth-order valence-corrected chi connectivity index (χ4v) is 3.58. The summed E-state index contributed by atoms with van der Waals surface area (Å²) in [5.41, 5.74) is -2.73.